The summed E-state index contributed by atoms with van der Waals surface area (Å²) >= 11 is 0. The van der Waals surface area contributed by atoms with Crippen molar-refractivity contribution in [2.24, 2.45) is 0 Å². The van der Waals surface area contributed by atoms with Gasteiger partial charge in [0.25, 0.3) is 0 Å². The molecule has 3 aromatic heterocycles. The Morgan fingerprint density at radius 3 is 0.728 bits per heavy atom. The predicted molar refractivity (Wildman–Crippen MR) is 565 cm³/mol. The molecule has 0 aliphatic heterocycles. The third-order valence-electron chi connectivity index (χ3n) is 25.8. The van der Waals surface area contributed by atoms with Crippen molar-refractivity contribution in [2.75, 3.05) is 0 Å². The van der Waals surface area contributed by atoms with Crippen LogP contribution in [0.4, 0.5) is 0 Å². The SMILES string of the molecule is c1ccc(-c2ccc3c(-c4cc(-c5nc(-c6ccccc6)nc(-c6ccccc6)n5)c5ccccc5c4)cc4ccccc4c3c2)cc1.c1ccc(-c2nc(-c3ccc4ccccc4c3)nc(-c3cc4ccccc4cc3-c3cc4ccccc4c4ccccc34)n2)cc1.c1ccc(-c2nc(-c3ccccc3)nc(-c3cc(-c4cc5ccccc5c5ccccc45)cc4ccccc34)n2)cc1. The molecule has 0 atom stereocenters. The molecule has 0 saturated carbocycles. The van der Waals surface area contributed by atoms with Crippen molar-refractivity contribution in [1.82, 2.24) is 44.9 Å². The minimum Gasteiger partial charge on any atom is -0.208 e. The maximum atomic E-state index is 5.22. The van der Waals surface area contributed by atoms with Crippen molar-refractivity contribution in [3.63, 3.8) is 0 Å². The smallest absolute Gasteiger partial charge is 0.164 e. The van der Waals surface area contributed by atoms with Crippen LogP contribution in [0.1, 0.15) is 0 Å². The predicted octanol–water partition coefficient (Wildman–Crippen LogP) is 32.8. The summed E-state index contributed by atoms with van der Waals surface area (Å²) in [6, 6.07) is 172. The van der Waals surface area contributed by atoms with Gasteiger partial charge in [-0.2, -0.15) is 0 Å². The molecule has 9 heteroatoms. The second-order valence-corrected chi connectivity index (χ2v) is 34.2. The van der Waals surface area contributed by atoms with Gasteiger partial charge in [0, 0.05) is 50.1 Å². The summed E-state index contributed by atoms with van der Waals surface area (Å²) in [5, 5.41) is 23.8. The van der Waals surface area contributed by atoms with Crippen molar-refractivity contribution in [2.45, 2.75) is 0 Å². The molecule has 0 amide bonds. The van der Waals surface area contributed by atoms with Crippen molar-refractivity contribution in [3.8, 4) is 147 Å². The number of rotatable bonds is 13. The summed E-state index contributed by atoms with van der Waals surface area (Å²) in [5.74, 6) is 5.87. The highest BCUT2D eigenvalue weighted by atomic mass is 15.1. The van der Waals surface area contributed by atoms with E-state index >= 15 is 0 Å². The number of hydrogen-bond acceptors (Lipinski definition) is 9. The molecule has 9 nitrogen and oxygen atoms in total. The van der Waals surface area contributed by atoms with Crippen LogP contribution >= 0.6 is 0 Å². The molecule has 0 aliphatic carbocycles. The van der Waals surface area contributed by atoms with Gasteiger partial charge >= 0.3 is 0 Å². The van der Waals surface area contributed by atoms with Crippen molar-refractivity contribution in [1.29, 1.82) is 0 Å². The van der Waals surface area contributed by atoms with Crippen LogP contribution in [0.15, 0.2) is 491 Å². The summed E-state index contributed by atoms with van der Waals surface area (Å²) in [5.41, 5.74) is 17.9. The molecule has 0 bridgehead atoms. The van der Waals surface area contributed by atoms with E-state index in [-0.39, 0.29) is 0 Å². The van der Waals surface area contributed by atoms with E-state index in [9.17, 15) is 0 Å². The van der Waals surface area contributed by atoms with E-state index in [1.807, 2.05) is 140 Å². The van der Waals surface area contributed by atoms with Crippen LogP contribution in [0, 0.1) is 0 Å². The average Bonchev–Trinajstić information content (AvgIpc) is 0.749. The first-order chi connectivity index (χ1) is 67.4. The van der Waals surface area contributed by atoms with Gasteiger partial charge in [-0.15, -0.1) is 0 Å². The van der Waals surface area contributed by atoms with E-state index < -0.39 is 0 Å². The number of aromatic nitrogens is 9. The Labute approximate surface area is 785 Å². The normalized spacial score (nSPS) is 11.4. The van der Waals surface area contributed by atoms with Gasteiger partial charge in [-0.3, -0.25) is 0 Å². The Hall–Kier alpha value is -18.3. The maximum Gasteiger partial charge on any atom is 0.164 e. The Morgan fingerprint density at radius 2 is 0.331 bits per heavy atom. The summed E-state index contributed by atoms with van der Waals surface area (Å²) < 4.78 is 0. The lowest BCUT2D eigenvalue weighted by molar-refractivity contribution is 1.08. The third-order valence-corrected chi connectivity index (χ3v) is 25.8. The molecular weight excluding hydrogens is 1650 g/mol. The first-order valence-electron chi connectivity index (χ1n) is 45.9. The van der Waals surface area contributed by atoms with Gasteiger partial charge in [0.2, 0.25) is 0 Å². The fourth-order valence-corrected chi connectivity index (χ4v) is 19.2. The molecule has 26 aromatic rings. The quantitative estimate of drug-likeness (QED) is 0.104. The molecule has 0 aliphatic rings. The largest absolute Gasteiger partial charge is 0.208 e. The molecule has 3 heterocycles. The molecule has 0 unspecified atom stereocenters. The van der Waals surface area contributed by atoms with E-state index in [1.54, 1.807) is 0 Å². The fourth-order valence-electron chi connectivity index (χ4n) is 19.2. The summed E-state index contributed by atoms with van der Waals surface area (Å²) in [4.78, 5) is 45.7. The molecule has 0 radical (unpaired) electrons. The summed E-state index contributed by atoms with van der Waals surface area (Å²) in [6.07, 6.45) is 0. The summed E-state index contributed by atoms with van der Waals surface area (Å²) in [7, 11) is 0. The van der Waals surface area contributed by atoms with Gasteiger partial charge in [-0.1, -0.05) is 425 Å². The summed E-state index contributed by atoms with van der Waals surface area (Å²) in [6.45, 7) is 0. The molecular formula is C127H81N9. The third kappa shape index (κ3) is 15.8. The molecule has 26 rings (SSSR count). The van der Waals surface area contributed by atoms with Crippen LogP contribution in [0.3, 0.4) is 0 Å². The first-order valence-corrected chi connectivity index (χ1v) is 45.9. The van der Waals surface area contributed by atoms with Crippen LogP contribution in [0.2, 0.25) is 0 Å². The van der Waals surface area contributed by atoms with Gasteiger partial charge in [0.05, 0.1) is 0 Å². The minimum absolute atomic E-state index is 0.648. The minimum atomic E-state index is 0.648. The lowest BCUT2D eigenvalue weighted by atomic mass is 9.89. The second kappa shape index (κ2) is 35.5. The highest BCUT2D eigenvalue weighted by molar-refractivity contribution is 6.19. The average molecular weight is 1730 g/mol. The van der Waals surface area contributed by atoms with Gasteiger partial charge in [-0.05, 0) is 219 Å². The van der Waals surface area contributed by atoms with E-state index in [0.717, 1.165) is 105 Å². The van der Waals surface area contributed by atoms with Gasteiger partial charge in [-0.25, -0.2) is 44.9 Å². The fraction of sp³-hybridized carbons (Fsp3) is 0. The number of nitrogens with zero attached hydrogens (tertiary/aromatic N) is 9. The molecule has 0 saturated heterocycles. The van der Waals surface area contributed by atoms with Gasteiger partial charge < -0.3 is 0 Å². The Kier molecular flexibility index (Phi) is 21.1. The standard InChI is InChI=1S/C45H29N3.C43H27N3.C39H25N3/c1-4-14-30(15-5-1)33-24-25-39-40(28-35-21-11-12-22-37(35)41(39)27-33)36-26-34-20-10-13-23-38(34)42(29-36)45-47-43(31-16-6-2-7-17-31)46-44(48-45)32-18-8-3-9-19-32;1-2-13-29(14-3-1)41-44-42(34-23-22-28-12-4-5-15-30(28)24-34)46-43(45-41)40-26-32-17-7-6-16-31(32)25-39(40)38-27-33-18-8-9-19-35(33)36-20-10-11-21-37(36)38;1-3-13-26(14-4-1)37-40-38(27-15-5-2-6-16-27)42-39(41-37)36-25-30(23-28-17-7-10-20-32(28)36)35-24-29-18-8-9-19-31(29)33-21-11-12-22-34(33)35/h1-29H;1-27H;1-25H. The van der Waals surface area contributed by atoms with Gasteiger partial charge in [0.1, 0.15) is 0 Å². The monoisotopic (exact) mass is 1730 g/mol. The van der Waals surface area contributed by atoms with E-state index in [1.165, 1.54) is 97.7 Å². The van der Waals surface area contributed by atoms with Crippen molar-refractivity contribution >= 4 is 108 Å². The molecule has 634 valence electrons. The van der Waals surface area contributed by atoms with Crippen molar-refractivity contribution in [3.05, 3.63) is 491 Å². The highest BCUT2D eigenvalue weighted by Crippen LogP contribution is 2.46. The first kappa shape index (κ1) is 81.0. The zero-order valence-electron chi connectivity index (χ0n) is 73.8. The maximum absolute atomic E-state index is 5.22. The van der Waals surface area contributed by atoms with Crippen molar-refractivity contribution < 1.29 is 0 Å². The highest BCUT2D eigenvalue weighted by Gasteiger charge is 2.24. The van der Waals surface area contributed by atoms with Crippen LogP contribution < -0.4 is 0 Å². The van der Waals surface area contributed by atoms with Crippen LogP contribution in [-0.4, -0.2) is 44.9 Å². The molecule has 0 spiro atoms. The Morgan fingerprint density at radius 1 is 0.0882 bits per heavy atom. The van der Waals surface area contributed by atoms with E-state index in [4.69, 9.17) is 44.9 Å². The van der Waals surface area contributed by atoms with Gasteiger partial charge in [0.15, 0.2) is 52.4 Å². The lowest BCUT2D eigenvalue weighted by Crippen LogP contribution is -2.01. The van der Waals surface area contributed by atoms with E-state index in [2.05, 4.69) is 352 Å². The lowest BCUT2D eigenvalue weighted by Gasteiger charge is -2.16. The number of fused-ring (bicyclic) bond motifs is 13. The Balaban J connectivity index is 0.000000112. The van der Waals surface area contributed by atoms with E-state index in [0.29, 0.717) is 52.4 Å². The van der Waals surface area contributed by atoms with Crippen LogP contribution in [0.25, 0.3) is 255 Å². The zero-order valence-corrected chi connectivity index (χ0v) is 73.8. The second-order valence-electron chi connectivity index (χ2n) is 34.2. The molecule has 136 heavy (non-hydrogen) atoms. The number of benzene rings is 23. The van der Waals surface area contributed by atoms with Crippen LogP contribution in [0.5, 0.6) is 0 Å². The zero-order chi connectivity index (χ0) is 90.2. The van der Waals surface area contributed by atoms with Crippen LogP contribution in [-0.2, 0) is 0 Å². The number of hydrogen-bond donors (Lipinski definition) is 0. The molecule has 23 aromatic carbocycles. The molecule has 0 N–H and O–H groups in total. The Bertz CT molecular complexity index is 8980. The molecule has 0 fully saturated rings. The topological polar surface area (TPSA) is 116 Å².